The highest BCUT2D eigenvalue weighted by Crippen LogP contribution is 2.34. The Morgan fingerprint density at radius 2 is 0.811 bits per heavy atom. The molecule has 0 atom stereocenters. The van der Waals surface area contributed by atoms with Crippen LogP contribution in [-0.2, 0) is 40.5 Å². The summed E-state index contributed by atoms with van der Waals surface area (Å²) < 4.78 is 137. The molecule has 4 aromatic rings. The lowest BCUT2D eigenvalue weighted by molar-refractivity contribution is 0.477. The van der Waals surface area contributed by atoms with Gasteiger partial charge in [-0.15, -0.1) is 0 Å². The van der Waals surface area contributed by atoms with Crippen LogP contribution in [0.3, 0.4) is 0 Å². The van der Waals surface area contributed by atoms with Gasteiger partial charge in [0.2, 0.25) is 0 Å². The molecule has 0 amide bonds. The first-order chi connectivity index (χ1) is 16.8. The van der Waals surface area contributed by atoms with E-state index in [1.165, 1.54) is 36.4 Å². The van der Waals surface area contributed by atoms with E-state index in [2.05, 4.69) is 0 Å². The molecule has 0 spiro atoms. The maximum Gasteiger partial charge on any atom is 0.295 e. The van der Waals surface area contributed by atoms with Gasteiger partial charge in [0.15, 0.2) is 0 Å². The van der Waals surface area contributed by atoms with Gasteiger partial charge in [0.05, 0.1) is 9.79 Å². The molecule has 37 heavy (non-hydrogen) atoms. The van der Waals surface area contributed by atoms with Gasteiger partial charge in [-0.25, -0.2) is 0 Å². The Morgan fingerprint density at radius 1 is 0.459 bits per heavy atom. The summed E-state index contributed by atoms with van der Waals surface area (Å²) in [5.41, 5.74) is 0. The predicted molar refractivity (Wildman–Crippen MR) is 127 cm³/mol. The molecule has 13 nitrogen and oxygen atoms in total. The minimum absolute atomic E-state index is 0.0124. The molecular weight excluding hydrogens is 576 g/mol. The van der Waals surface area contributed by atoms with E-state index in [0.717, 1.165) is 12.1 Å². The number of benzene rings is 4. The van der Waals surface area contributed by atoms with Crippen molar-refractivity contribution in [3.63, 3.8) is 0 Å². The van der Waals surface area contributed by atoms with Crippen molar-refractivity contribution < 1.29 is 56.6 Å². The van der Waals surface area contributed by atoms with Gasteiger partial charge in [0.1, 0.15) is 21.3 Å². The minimum Gasteiger partial charge on any atom is -0.457 e. The van der Waals surface area contributed by atoms with Crippen LogP contribution in [0.15, 0.2) is 80.2 Å². The van der Waals surface area contributed by atoms with E-state index in [1.807, 2.05) is 0 Å². The molecule has 0 aliphatic carbocycles. The Balaban J connectivity index is 1.88. The van der Waals surface area contributed by atoms with Crippen LogP contribution in [0.5, 0.6) is 11.5 Å². The summed E-state index contributed by atoms with van der Waals surface area (Å²) in [6, 6.07) is 10.3. The van der Waals surface area contributed by atoms with Crippen molar-refractivity contribution in [3.8, 4) is 11.5 Å². The fourth-order valence-corrected chi connectivity index (χ4v) is 6.27. The standard InChI is InChI=1S/C20H14O13S4/c21-34(22,23)15-7-11-5-13(1-3-17(11)19(9-15)36(27,28)29)33-14-2-4-18-12(6-14)8-16(35(24,25)26)10-20(18)37(30,31)32/h1-10H,(H,21,22,23)(H,24,25,26)(H,27,28,29)(H,30,31,32). The second-order valence-electron chi connectivity index (χ2n) is 7.61. The molecule has 0 radical (unpaired) electrons. The van der Waals surface area contributed by atoms with Crippen molar-refractivity contribution in [3.05, 3.63) is 60.7 Å². The molecule has 0 saturated carbocycles. The lowest BCUT2D eigenvalue weighted by Gasteiger charge is -2.12. The van der Waals surface area contributed by atoms with Crippen LogP contribution in [0, 0.1) is 0 Å². The summed E-state index contributed by atoms with van der Waals surface area (Å²) in [6.07, 6.45) is 0. The molecule has 0 fully saturated rings. The molecule has 0 aliphatic rings. The van der Waals surface area contributed by atoms with Crippen molar-refractivity contribution in [1.29, 1.82) is 0 Å². The van der Waals surface area contributed by atoms with E-state index in [1.54, 1.807) is 0 Å². The van der Waals surface area contributed by atoms with Crippen LogP contribution in [0.25, 0.3) is 21.5 Å². The summed E-state index contributed by atoms with van der Waals surface area (Å²) in [7, 11) is -19.5. The van der Waals surface area contributed by atoms with E-state index < -0.39 is 60.1 Å². The first-order valence-electron chi connectivity index (χ1n) is 9.57. The Kier molecular flexibility index (Phi) is 6.33. The lowest BCUT2D eigenvalue weighted by atomic mass is 10.1. The molecule has 0 aliphatic heterocycles. The minimum atomic E-state index is -4.90. The Hall–Kier alpha value is -3.16. The molecule has 0 bridgehead atoms. The number of rotatable bonds is 6. The molecule has 4 aromatic carbocycles. The van der Waals surface area contributed by atoms with Crippen LogP contribution < -0.4 is 4.74 Å². The quantitative estimate of drug-likeness (QED) is 0.237. The second kappa shape index (κ2) is 8.71. The maximum absolute atomic E-state index is 11.7. The number of hydrogen-bond acceptors (Lipinski definition) is 9. The molecule has 17 heteroatoms. The highest BCUT2D eigenvalue weighted by molar-refractivity contribution is 7.87. The van der Waals surface area contributed by atoms with Gasteiger partial charge in [0, 0.05) is 10.8 Å². The third kappa shape index (κ3) is 5.58. The topological polar surface area (TPSA) is 227 Å². The number of hydrogen-bond donors (Lipinski definition) is 4. The van der Waals surface area contributed by atoms with Crippen LogP contribution in [0.1, 0.15) is 0 Å². The van der Waals surface area contributed by atoms with Crippen molar-refractivity contribution in [1.82, 2.24) is 0 Å². The zero-order valence-electron chi connectivity index (χ0n) is 17.9. The van der Waals surface area contributed by atoms with Gasteiger partial charge in [-0.2, -0.15) is 33.7 Å². The average Bonchev–Trinajstić information content (AvgIpc) is 2.74. The molecule has 0 heterocycles. The largest absolute Gasteiger partial charge is 0.457 e. The van der Waals surface area contributed by atoms with E-state index in [0.29, 0.717) is 12.1 Å². The van der Waals surface area contributed by atoms with Gasteiger partial charge in [-0.3, -0.25) is 18.2 Å². The van der Waals surface area contributed by atoms with E-state index in [4.69, 9.17) is 4.74 Å². The van der Waals surface area contributed by atoms with Crippen LogP contribution >= 0.6 is 0 Å². The van der Waals surface area contributed by atoms with Crippen molar-refractivity contribution in [2.45, 2.75) is 19.6 Å². The molecule has 4 N–H and O–H groups in total. The van der Waals surface area contributed by atoms with Crippen LogP contribution in [-0.4, -0.2) is 51.9 Å². The summed E-state index contributed by atoms with van der Waals surface area (Å²) in [6.45, 7) is 0. The summed E-state index contributed by atoms with van der Waals surface area (Å²) >= 11 is 0. The van der Waals surface area contributed by atoms with Gasteiger partial charge in [0.25, 0.3) is 40.5 Å². The third-order valence-electron chi connectivity index (χ3n) is 5.11. The van der Waals surface area contributed by atoms with Gasteiger partial charge >= 0.3 is 0 Å². The Bertz CT molecular complexity index is 1900. The van der Waals surface area contributed by atoms with E-state index >= 15 is 0 Å². The SMILES string of the molecule is O=S(=O)(O)c1cc(S(=O)(=O)O)c2ccc(Oc3ccc4c(S(=O)(=O)O)cc(S(=O)(=O)O)cc4c3)cc2c1. The van der Waals surface area contributed by atoms with Crippen molar-refractivity contribution in [2.24, 2.45) is 0 Å². The zero-order valence-corrected chi connectivity index (χ0v) is 21.1. The zero-order chi connectivity index (χ0) is 27.6. The third-order valence-corrected chi connectivity index (χ3v) is 8.56. The van der Waals surface area contributed by atoms with Crippen LogP contribution in [0.4, 0.5) is 0 Å². The number of ether oxygens (including phenoxy) is 1. The molecule has 196 valence electrons. The highest BCUT2D eigenvalue weighted by atomic mass is 32.2. The van der Waals surface area contributed by atoms with E-state index in [9.17, 15) is 51.9 Å². The van der Waals surface area contributed by atoms with Crippen molar-refractivity contribution >= 4 is 62.0 Å². The molecule has 0 unspecified atom stereocenters. The van der Waals surface area contributed by atoms with Crippen molar-refractivity contribution in [2.75, 3.05) is 0 Å². The first kappa shape index (κ1) is 26.9. The molecular formula is C20H14O13S4. The molecule has 0 aromatic heterocycles. The average molecular weight is 591 g/mol. The van der Waals surface area contributed by atoms with E-state index in [-0.39, 0.29) is 33.0 Å². The summed E-state index contributed by atoms with van der Waals surface area (Å²) in [5.74, 6) is -0.0249. The Labute approximate surface area is 209 Å². The summed E-state index contributed by atoms with van der Waals surface area (Å²) in [5, 5.41) is -0.334. The Morgan fingerprint density at radius 3 is 1.11 bits per heavy atom. The first-order valence-corrected chi connectivity index (χ1v) is 15.3. The monoisotopic (exact) mass is 590 g/mol. The normalized spacial score (nSPS) is 13.2. The van der Waals surface area contributed by atoms with Crippen LogP contribution in [0.2, 0.25) is 0 Å². The molecule has 0 saturated heterocycles. The second-order valence-corrected chi connectivity index (χ2v) is 13.2. The maximum atomic E-state index is 11.7. The smallest absolute Gasteiger partial charge is 0.295 e. The van der Waals surface area contributed by atoms with Gasteiger partial charge in [-0.05, 0) is 71.4 Å². The summed E-state index contributed by atoms with van der Waals surface area (Å²) in [4.78, 5) is -3.20. The fourth-order valence-electron chi connectivity index (χ4n) is 3.56. The number of fused-ring (bicyclic) bond motifs is 2. The molecule has 4 rings (SSSR count). The highest BCUT2D eigenvalue weighted by Gasteiger charge is 2.22. The van der Waals surface area contributed by atoms with Gasteiger partial charge in [-0.1, -0.05) is 0 Å². The fraction of sp³-hybridized carbons (Fsp3) is 0. The predicted octanol–water partition coefficient (Wildman–Crippen LogP) is 2.77. The lowest BCUT2D eigenvalue weighted by Crippen LogP contribution is -2.04. The van der Waals surface area contributed by atoms with Gasteiger partial charge < -0.3 is 4.74 Å².